The molecule has 1 amide bonds. The van der Waals surface area contributed by atoms with E-state index in [0.717, 1.165) is 16.8 Å². The number of anilines is 1. The van der Waals surface area contributed by atoms with E-state index in [1.54, 1.807) is 11.6 Å². The monoisotopic (exact) mass is 297 g/mol. The lowest BCUT2D eigenvalue weighted by atomic mass is 10.0. The largest absolute Gasteiger partial charge is 0.321 e. The number of carbonyl (C=O) groups is 1. The van der Waals surface area contributed by atoms with Gasteiger partial charge in [0, 0.05) is 0 Å². The molecule has 1 aromatic carbocycles. The maximum absolute atomic E-state index is 12.3. The minimum atomic E-state index is -0.656. The minimum absolute atomic E-state index is 0.128. The normalized spacial score (nSPS) is 11.8. The average molecular weight is 298 g/mol. The lowest BCUT2D eigenvalue weighted by Crippen LogP contribution is -2.49. The molecule has 0 bridgehead atoms. The number of halogens is 1. The molecule has 0 saturated carbocycles. The van der Waals surface area contributed by atoms with Crippen LogP contribution < -0.4 is 10.6 Å². The molecule has 102 valence electrons. The summed E-state index contributed by atoms with van der Waals surface area (Å²) >= 11 is 7.68. The van der Waals surface area contributed by atoms with Crippen molar-refractivity contribution in [1.82, 2.24) is 10.3 Å². The van der Waals surface area contributed by atoms with Crippen molar-refractivity contribution in [3.63, 3.8) is 0 Å². The fraction of sp³-hybridized carbons (Fsp3) is 0.385. The van der Waals surface area contributed by atoms with Crippen molar-refractivity contribution >= 4 is 44.7 Å². The first-order valence-electron chi connectivity index (χ1n) is 6.04. The Bertz CT molecular complexity index is 609. The Balaban J connectivity index is 2.33. The highest BCUT2D eigenvalue weighted by Gasteiger charge is 2.27. The van der Waals surface area contributed by atoms with Gasteiger partial charge in [0.2, 0.25) is 5.91 Å². The molecule has 2 rings (SSSR count). The van der Waals surface area contributed by atoms with Crippen molar-refractivity contribution in [1.29, 1.82) is 0 Å². The first-order chi connectivity index (χ1) is 8.95. The zero-order valence-corrected chi connectivity index (χ0v) is 12.7. The number of hydrogen-bond acceptors (Lipinski definition) is 4. The zero-order chi connectivity index (χ0) is 14.0. The van der Waals surface area contributed by atoms with E-state index in [-0.39, 0.29) is 5.91 Å². The van der Waals surface area contributed by atoms with Crippen molar-refractivity contribution in [2.24, 2.45) is 0 Å². The lowest BCUT2D eigenvalue weighted by molar-refractivity contribution is -0.121. The van der Waals surface area contributed by atoms with E-state index in [0.29, 0.717) is 10.7 Å². The number of benzene rings is 1. The maximum Gasteiger partial charge on any atom is 0.244 e. The summed E-state index contributed by atoms with van der Waals surface area (Å²) in [6.07, 6.45) is 0. The summed E-state index contributed by atoms with van der Waals surface area (Å²) in [6.45, 7) is 6.35. The van der Waals surface area contributed by atoms with Crippen LogP contribution in [-0.4, -0.2) is 23.0 Å². The molecule has 6 heteroatoms. The van der Waals surface area contributed by atoms with Crippen LogP contribution in [0.3, 0.4) is 0 Å². The van der Waals surface area contributed by atoms with Crippen molar-refractivity contribution < 1.29 is 4.79 Å². The van der Waals surface area contributed by atoms with Crippen LogP contribution in [0.5, 0.6) is 0 Å². The number of nitrogens with one attached hydrogen (secondary N) is 2. The predicted molar refractivity (Wildman–Crippen MR) is 81.0 cm³/mol. The second-order valence-electron chi connectivity index (χ2n) is 4.73. The molecule has 1 heterocycles. The van der Waals surface area contributed by atoms with Gasteiger partial charge in [0.25, 0.3) is 0 Å². The fourth-order valence-electron chi connectivity index (χ4n) is 1.82. The minimum Gasteiger partial charge on any atom is -0.321 e. The van der Waals surface area contributed by atoms with Crippen molar-refractivity contribution in [2.45, 2.75) is 26.3 Å². The number of amides is 1. The molecule has 2 aromatic rings. The zero-order valence-electron chi connectivity index (χ0n) is 11.1. The van der Waals surface area contributed by atoms with Gasteiger partial charge < -0.3 is 10.6 Å². The molecule has 0 aliphatic rings. The smallest absolute Gasteiger partial charge is 0.244 e. The summed E-state index contributed by atoms with van der Waals surface area (Å²) in [5, 5.41) is 6.50. The Morgan fingerprint density at radius 3 is 2.89 bits per heavy atom. The fourth-order valence-corrected chi connectivity index (χ4v) is 2.70. The van der Waals surface area contributed by atoms with Crippen molar-refractivity contribution in [3.05, 3.63) is 22.7 Å². The van der Waals surface area contributed by atoms with Gasteiger partial charge in [-0.2, -0.15) is 0 Å². The van der Waals surface area contributed by atoms with Gasteiger partial charge in [-0.3, -0.25) is 4.79 Å². The van der Waals surface area contributed by atoms with Gasteiger partial charge >= 0.3 is 0 Å². The van der Waals surface area contributed by atoms with Crippen LogP contribution in [0.4, 0.5) is 5.69 Å². The molecule has 0 saturated heterocycles. The Morgan fingerprint density at radius 2 is 2.21 bits per heavy atom. The maximum atomic E-state index is 12.3. The third-order valence-electron chi connectivity index (χ3n) is 2.88. The molecule has 0 spiro atoms. The van der Waals surface area contributed by atoms with Crippen LogP contribution in [0.2, 0.25) is 5.02 Å². The Hall–Kier alpha value is -1.17. The predicted octanol–water partition coefficient (Wildman–Crippen LogP) is 3.28. The molecule has 0 fully saturated rings. The van der Waals surface area contributed by atoms with Gasteiger partial charge in [-0.25, -0.2) is 4.98 Å². The van der Waals surface area contributed by atoms with Gasteiger partial charge in [-0.05, 0) is 32.5 Å². The summed E-state index contributed by atoms with van der Waals surface area (Å²) < 4.78 is 1.00. The molecule has 19 heavy (non-hydrogen) atoms. The Kier molecular flexibility index (Phi) is 4.08. The SMILES string of the molecule is CCNC(C)(C)C(=O)Nc1c(Cl)ccc2scnc12. The van der Waals surface area contributed by atoms with Gasteiger partial charge in [-0.15, -0.1) is 11.3 Å². The first-order valence-corrected chi connectivity index (χ1v) is 7.29. The number of aromatic nitrogens is 1. The quantitative estimate of drug-likeness (QED) is 0.910. The third kappa shape index (κ3) is 2.88. The molecule has 0 aliphatic carbocycles. The second-order valence-corrected chi connectivity index (χ2v) is 6.02. The summed E-state index contributed by atoms with van der Waals surface area (Å²) in [5.41, 5.74) is 2.40. The lowest BCUT2D eigenvalue weighted by Gasteiger charge is -2.24. The summed E-state index contributed by atoms with van der Waals surface area (Å²) in [4.78, 5) is 16.5. The number of likely N-dealkylation sites (N-methyl/N-ethyl adjacent to an activating group) is 1. The van der Waals surface area contributed by atoms with E-state index in [1.165, 1.54) is 11.3 Å². The van der Waals surface area contributed by atoms with Crippen LogP contribution in [0.15, 0.2) is 17.6 Å². The van der Waals surface area contributed by atoms with E-state index in [2.05, 4.69) is 15.6 Å². The Morgan fingerprint density at radius 1 is 1.47 bits per heavy atom. The highest BCUT2D eigenvalue weighted by molar-refractivity contribution is 7.16. The van der Waals surface area contributed by atoms with Gasteiger partial charge in [0.1, 0.15) is 5.52 Å². The molecule has 2 N–H and O–H groups in total. The molecular formula is C13H16ClN3OS. The number of rotatable bonds is 4. The molecule has 0 radical (unpaired) electrons. The Labute approximate surface area is 121 Å². The van der Waals surface area contributed by atoms with E-state index < -0.39 is 5.54 Å². The molecular weight excluding hydrogens is 282 g/mol. The third-order valence-corrected chi connectivity index (χ3v) is 3.99. The number of hydrogen-bond donors (Lipinski definition) is 2. The number of carbonyl (C=O) groups excluding carboxylic acids is 1. The summed E-state index contributed by atoms with van der Waals surface area (Å²) in [7, 11) is 0. The average Bonchev–Trinajstić information content (AvgIpc) is 2.81. The molecule has 4 nitrogen and oxygen atoms in total. The van der Waals surface area contributed by atoms with E-state index in [4.69, 9.17) is 11.6 Å². The van der Waals surface area contributed by atoms with Crippen LogP contribution in [0.1, 0.15) is 20.8 Å². The van der Waals surface area contributed by atoms with E-state index in [1.807, 2.05) is 26.8 Å². The van der Waals surface area contributed by atoms with E-state index in [9.17, 15) is 4.79 Å². The highest BCUT2D eigenvalue weighted by atomic mass is 35.5. The summed E-state index contributed by atoms with van der Waals surface area (Å²) in [6, 6.07) is 3.68. The van der Waals surface area contributed by atoms with Crippen LogP contribution in [0.25, 0.3) is 10.2 Å². The molecule has 0 aliphatic heterocycles. The number of fused-ring (bicyclic) bond motifs is 1. The second kappa shape index (κ2) is 5.45. The van der Waals surface area contributed by atoms with Gasteiger partial charge in [0.15, 0.2) is 0 Å². The molecule has 0 unspecified atom stereocenters. The van der Waals surface area contributed by atoms with Gasteiger partial charge in [-0.1, -0.05) is 18.5 Å². The van der Waals surface area contributed by atoms with Crippen LogP contribution in [-0.2, 0) is 4.79 Å². The standard InChI is InChI=1S/C13H16ClN3OS/c1-4-16-13(2,3)12(18)17-10-8(14)5-6-9-11(10)15-7-19-9/h5-7,16H,4H2,1-3H3,(H,17,18). The number of nitrogens with zero attached hydrogens (tertiary/aromatic N) is 1. The number of thiazole rings is 1. The van der Waals surface area contributed by atoms with Crippen LogP contribution in [0, 0.1) is 0 Å². The first kappa shape index (κ1) is 14.2. The molecule has 1 aromatic heterocycles. The topological polar surface area (TPSA) is 54.0 Å². The molecule has 0 atom stereocenters. The highest BCUT2D eigenvalue weighted by Crippen LogP contribution is 2.32. The van der Waals surface area contributed by atoms with Gasteiger partial charge in [0.05, 0.1) is 26.5 Å². The van der Waals surface area contributed by atoms with Crippen molar-refractivity contribution in [3.8, 4) is 0 Å². The van der Waals surface area contributed by atoms with Crippen molar-refractivity contribution in [2.75, 3.05) is 11.9 Å². The summed E-state index contributed by atoms with van der Waals surface area (Å²) in [5.74, 6) is -0.128. The van der Waals surface area contributed by atoms with E-state index >= 15 is 0 Å². The van der Waals surface area contributed by atoms with Crippen LogP contribution >= 0.6 is 22.9 Å².